The van der Waals surface area contributed by atoms with Crippen LogP contribution in [-0.2, 0) is 6.54 Å². The van der Waals surface area contributed by atoms with Crippen LogP contribution < -0.4 is 5.32 Å². The van der Waals surface area contributed by atoms with E-state index in [1.165, 1.54) is 0 Å². The van der Waals surface area contributed by atoms with E-state index in [1.807, 2.05) is 16.9 Å². The van der Waals surface area contributed by atoms with Gasteiger partial charge in [0.1, 0.15) is 0 Å². The summed E-state index contributed by atoms with van der Waals surface area (Å²) in [6.45, 7) is 4.75. The van der Waals surface area contributed by atoms with E-state index in [9.17, 15) is 0 Å². The van der Waals surface area contributed by atoms with Gasteiger partial charge in [0.05, 0.1) is 31.0 Å². The molecule has 0 radical (unpaired) electrons. The number of aliphatic hydroxyl groups is 2. The minimum absolute atomic E-state index is 0.0657. The van der Waals surface area contributed by atoms with Crippen molar-refractivity contribution < 1.29 is 10.2 Å². The predicted molar refractivity (Wildman–Crippen MR) is 66.6 cm³/mol. The van der Waals surface area contributed by atoms with Crippen molar-refractivity contribution in [2.45, 2.75) is 45.3 Å². The van der Waals surface area contributed by atoms with Gasteiger partial charge in [0, 0.05) is 12.7 Å². The van der Waals surface area contributed by atoms with E-state index in [0.717, 1.165) is 18.5 Å². The quantitative estimate of drug-likeness (QED) is 0.626. The Bertz CT molecular complexity index is 306. The minimum Gasteiger partial charge on any atom is -0.395 e. The van der Waals surface area contributed by atoms with Crippen molar-refractivity contribution in [3.05, 3.63) is 18.0 Å². The van der Waals surface area contributed by atoms with Crippen molar-refractivity contribution in [1.29, 1.82) is 0 Å². The van der Waals surface area contributed by atoms with Gasteiger partial charge in [0.25, 0.3) is 0 Å². The zero-order valence-electron chi connectivity index (χ0n) is 10.6. The van der Waals surface area contributed by atoms with Gasteiger partial charge >= 0.3 is 0 Å². The summed E-state index contributed by atoms with van der Waals surface area (Å²) < 4.78 is 1.99. The van der Waals surface area contributed by atoms with Gasteiger partial charge < -0.3 is 15.5 Å². The summed E-state index contributed by atoms with van der Waals surface area (Å²) in [6.07, 6.45) is 4.13. The monoisotopic (exact) mass is 241 g/mol. The first-order valence-electron chi connectivity index (χ1n) is 6.24. The highest BCUT2D eigenvalue weighted by atomic mass is 16.3. The molecule has 0 aliphatic rings. The largest absolute Gasteiger partial charge is 0.395 e. The third-order valence-corrected chi connectivity index (χ3v) is 2.99. The van der Waals surface area contributed by atoms with Crippen LogP contribution in [0.5, 0.6) is 0 Å². The number of hydrogen-bond acceptors (Lipinski definition) is 4. The highest BCUT2D eigenvalue weighted by molar-refractivity contribution is 4.99. The molecule has 5 heteroatoms. The lowest BCUT2D eigenvalue weighted by Gasteiger charge is -2.13. The maximum atomic E-state index is 8.93. The SMILES string of the molecule is CCC(CC)n1ccc(CNC(CO)CO)n1. The fourth-order valence-corrected chi connectivity index (χ4v) is 1.77. The maximum Gasteiger partial charge on any atom is 0.0762 e. The molecule has 0 spiro atoms. The third-order valence-electron chi connectivity index (χ3n) is 2.99. The first-order valence-corrected chi connectivity index (χ1v) is 6.24. The van der Waals surface area contributed by atoms with Crippen LogP contribution >= 0.6 is 0 Å². The Morgan fingerprint density at radius 1 is 1.29 bits per heavy atom. The second-order valence-corrected chi connectivity index (χ2v) is 4.20. The van der Waals surface area contributed by atoms with Gasteiger partial charge in [-0.15, -0.1) is 0 Å². The zero-order chi connectivity index (χ0) is 12.7. The Morgan fingerprint density at radius 3 is 2.47 bits per heavy atom. The Labute approximate surface area is 102 Å². The van der Waals surface area contributed by atoms with Crippen molar-refractivity contribution in [1.82, 2.24) is 15.1 Å². The number of nitrogens with zero attached hydrogens (tertiary/aromatic N) is 2. The van der Waals surface area contributed by atoms with Crippen LogP contribution in [0.25, 0.3) is 0 Å². The highest BCUT2D eigenvalue weighted by Gasteiger charge is 2.09. The van der Waals surface area contributed by atoms with Crippen molar-refractivity contribution in [3.63, 3.8) is 0 Å². The molecule has 0 fully saturated rings. The number of nitrogens with one attached hydrogen (secondary N) is 1. The van der Waals surface area contributed by atoms with Crippen molar-refractivity contribution >= 4 is 0 Å². The fraction of sp³-hybridized carbons (Fsp3) is 0.750. The molecule has 0 saturated carbocycles. The molecule has 98 valence electrons. The van der Waals surface area contributed by atoms with E-state index in [0.29, 0.717) is 12.6 Å². The topological polar surface area (TPSA) is 70.3 Å². The molecular formula is C12H23N3O2. The van der Waals surface area contributed by atoms with E-state index >= 15 is 0 Å². The molecule has 0 aliphatic carbocycles. The fourth-order valence-electron chi connectivity index (χ4n) is 1.77. The lowest BCUT2D eigenvalue weighted by Crippen LogP contribution is -2.35. The minimum atomic E-state index is -0.270. The number of hydrogen-bond donors (Lipinski definition) is 3. The normalized spacial score (nSPS) is 11.6. The van der Waals surface area contributed by atoms with Gasteiger partial charge in [-0.05, 0) is 18.9 Å². The van der Waals surface area contributed by atoms with Crippen molar-refractivity contribution in [2.75, 3.05) is 13.2 Å². The molecule has 0 aromatic carbocycles. The molecule has 1 rings (SSSR count). The van der Waals surface area contributed by atoms with Gasteiger partial charge in [-0.3, -0.25) is 4.68 Å². The molecule has 1 aromatic rings. The van der Waals surface area contributed by atoms with E-state index < -0.39 is 0 Å². The summed E-state index contributed by atoms with van der Waals surface area (Å²) in [4.78, 5) is 0. The first-order chi connectivity index (χ1) is 8.24. The third kappa shape index (κ3) is 4.11. The summed E-state index contributed by atoms with van der Waals surface area (Å²) in [6, 6.07) is 2.15. The van der Waals surface area contributed by atoms with Gasteiger partial charge in [-0.2, -0.15) is 5.10 Å². The van der Waals surface area contributed by atoms with Crippen LogP contribution in [0.2, 0.25) is 0 Å². The Balaban J connectivity index is 2.50. The van der Waals surface area contributed by atoms with E-state index in [2.05, 4.69) is 24.3 Å². The van der Waals surface area contributed by atoms with Crippen LogP contribution in [0.15, 0.2) is 12.3 Å². The molecule has 1 aromatic heterocycles. The van der Waals surface area contributed by atoms with E-state index in [-0.39, 0.29) is 19.3 Å². The Kier molecular flexibility index (Phi) is 6.18. The van der Waals surface area contributed by atoms with Crippen LogP contribution in [0.3, 0.4) is 0 Å². The van der Waals surface area contributed by atoms with Crippen molar-refractivity contribution in [3.8, 4) is 0 Å². The molecule has 0 saturated heterocycles. The standard InChI is InChI=1S/C12H23N3O2/c1-3-12(4-2)15-6-5-10(14-15)7-13-11(8-16)9-17/h5-6,11-13,16-17H,3-4,7-9H2,1-2H3. The summed E-state index contributed by atoms with van der Waals surface area (Å²) in [5, 5.41) is 25.4. The van der Waals surface area contributed by atoms with Gasteiger partial charge in [-0.1, -0.05) is 13.8 Å². The molecular weight excluding hydrogens is 218 g/mol. The molecule has 0 amide bonds. The second kappa shape index (κ2) is 7.42. The average Bonchev–Trinajstić information content (AvgIpc) is 2.81. The van der Waals surface area contributed by atoms with Crippen molar-refractivity contribution in [2.24, 2.45) is 0 Å². The molecule has 0 bridgehead atoms. The first kappa shape index (κ1) is 14.2. The molecule has 0 unspecified atom stereocenters. The number of rotatable bonds is 8. The smallest absolute Gasteiger partial charge is 0.0762 e. The average molecular weight is 241 g/mol. The predicted octanol–water partition coefficient (Wildman–Crippen LogP) is 0.687. The molecule has 1 heterocycles. The molecule has 3 N–H and O–H groups in total. The Morgan fingerprint density at radius 2 is 1.94 bits per heavy atom. The van der Waals surface area contributed by atoms with Gasteiger partial charge in [0.2, 0.25) is 0 Å². The number of aromatic nitrogens is 2. The highest BCUT2D eigenvalue weighted by Crippen LogP contribution is 2.14. The Hall–Kier alpha value is -0.910. The maximum absolute atomic E-state index is 8.93. The number of aliphatic hydroxyl groups excluding tert-OH is 2. The van der Waals surface area contributed by atoms with E-state index in [1.54, 1.807) is 0 Å². The van der Waals surface area contributed by atoms with Crippen LogP contribution in [-0.4, -0.2) is 39.2 Å². The second-order valence-electron chi connectivity index (χ2n) is 4.20. The van der Waals surface area contributed by atoms with Crippen LogP contribution in [0.4, 0.5) is 0 Å². The zero-order valence-corrected chi connectivity index (χ0v) is 10.6. The summed E-state index contributed by atoms with van der Waals surface area (Å²) >= 11 is 0. The molecule has 17 heavy (non-hydrogen) atoms. The lowest BCUT2D eigenvalue weighted by atomic mass is 10.2. The summed E-state index contributed by atoms with van der Waals surface area (Å²) in [7, 11) is 0. The van der Waals surface area contributed by atoms with Crippen LogP contribution in [0, 0.1) is 0 Å². The van der Waals surface area contributed by atoms with E-state index in [4.69, 9.17) is 10.2 Å². The molecule has 0 aliphatic heterocycles. The van der Waals surface area contributed by atoms with Gasteiger partial charge in [-0.25, -0.2) is 0 Å². The lowest BCUT2D eigenvalue weighted by molar-refractivity contribution is 0.170. The summed E-state index contributed by atoms with van der Waals surface area (Å²) in [5.74, 6) is 0. The summed E-state index contributed by atoms with van der Waals surface area (Å²) in [5.41, 5.74) is 0.934. The molecule has 5 nitrogen and oxygen atoms in total. The van der Waals surface area contributed by atoms with Gasteiger partial charge in [0.15, 0.2) is 0 Å². The van der Waals surface area contributed by atoms with Crippen LogP contribution in [0.1, 0.15) is 38.4 Å². The molecule has 0 atom stereocenters.